The fourth-order valence-electron chi connectivity index (χ4n) is 2.75. The van der Waals surface area contributed by atoms with E-state index in [9.17, 15) is 84.2 Å². The SMILES string of the molecule is CC(=O)Oc1cc(OC(C)=O)c(C(F)(F)C(F)(F)C(F)(F)C(F)(F)C(F)(F)C(F)(F)C(F)(F)C(F)(F)F)cc1C. The van der Waals surface area contributed by atoms with Gasteiger partial charge in [-0.15, -0.1) is 0 Å². The molecule has 4 nitrogen and oxygen atoms in total. The van der Waals surface area contributed by atoms with Gasteiger partial charge in [-0.1, -0.05) is 0 Å². The number of rotatable bonds is 9. The number of benzene rings is 1. The van der Waals surface area contributed by atoms with Crippen LogP contribution in [0.1, 0.15) is 25.0 Å². The van der Waals surface area contributed by atoms with Crippen LogP contribution in [-0.4, -0.2) is 53.7 Å². The number of hydrogen-bond acceptors (Lipinski definition) is 4. The van der Waals surface area contributed by atoms with Crippen molar-refractivity contribution in [3.05, 3.63) is 23.3 Å². The first-order chi connectivity index (χ1) is 17.4. The van der Waals surface area contributed by atoms with Crippen molar-refractivity contribution in [1.82, 2.24) is 0 Å². The summed E-state index contributed by atoms with van der Waals surface area (Å²) in [5.41, 5.74) is -3.64. The van der Waals surface area contributed by atoms with Crippen LogP contribution in [0.25, 0.3) is 0 Å². The number of alkyl halides is 17. The van der Waals surface area contributed by atoms with Crippen LogP contribution in [0.4, 0.5) is 74.6 Å². The molecule has 1 aromatic rings. The quantitative estimate of drug-likeness (QED) is 0.164. The molecule has 0 aromatic heterocycles. The van der Waals surface area contributed by atoms with Crippen molar-refractivity contribution in [2.75, 3.05) is 0 Å². The van der Waals surface area contributed by atoms with E-state index in [2.05, 4.69) is 9.47 Å². The zero-order valence-corrected chi connectivity index (χ0v) is 19.2. The summed E-state index contributed by atoms with van der Waals surface area (Å²) < 4.78 is 239. The molecule has 1 rings (SSSR count). The number of hydrogen-bond donors (Lipinski definition) is 0. The highest BCUT2D eigenvalue weighted by Gasteiger charge is 2.95. The van der Waals surface area contributed by atoms with Crippen molar-refractivity contribution < 1.29 is 93.7 Å². The Morgan fingerprint density at radius 3 is 1.20 bits per heavy atom. The van der Waals surface area contributed by atoms with Crippen LogP contribution in [0.15, 0.2) is 12.1 Å². The van der Waals surface area contributed by atoms with Gasteiger partial charge in [-0.3, -0.25) is 9.59 Å². The number of halogens is 17. The number of ether oxygens (including phenoxy) is 2. The van der Waals surface area contributed by atoms with E-state index in [1.54, 1.807) is 0 Å². The van der Waals surface area contributed by atoms with Gasteiger partial charge in [0.1, 0.15) is 11.5 Å². The average molecular weight is 626 g/mol. The predicted octanol–water partition coefficient (Wildman–Crippen LogP) is 7.31. The van der Waals surface area contributed by atoms with Gasteiger partial charge >= 0.3 is 59.6 Å². The number of esters is 2. The molecule has 0 fully saturated rings. The normalized spacial score (nSPS) is 14.7. The summed E-state index contributed by atoms with van der Waals surface area (Å²) in [5, 5.41) is 0. The Morgan fingerprint density at radius 2 is 0.850 bits per heavy atom. The zero-order valence-electron chi connectivity index (χ0n) is 19.2. The molecule has 0 bridgehead atoms. The largest absolute Gasteiger partial charge is 0.460 e. The van der Waals surface area contributed by atoms with Gasteiger partial charge in [-0.25, -0.2) is 0 Å². The van der Waals surface area contributed by atoms with Crippen molar-refractivity contribution in [3.63, 3.8) is 0 Å². The average Bonchev–Trinajstić information content (AvgIpc) is 2.73. The summed E-state index contributed by atoms with van der Waals surface area (Å²) in [4.78, 5) is 22.2. The Bertz CT molecular complexity index is 1150. The molecule has 21 heteroatoms. The highest BCUT2D eigenvalue weighted by molar-refractivity contribution is 5.72. The minimum absolute atomic E-state index is 0.0413. The molecule has 0 amide bonds. The van der Waals surface area contributed by atoms with E-state index in [0.717, 1.165) is 0 Å². The topological polar surface area (TPSA) is 52.6 Å². The molecule has 0 atom stereocenters. The fraction of sp³-hybridized carbons (Fsp3) is 0.579. The number of aryl methyl sites for hydroxylation is 1. The first kappa shape index (κ1) is 35.0. The molecule has 0 N–H and O–H groups in total. The van der Waals surface area contributed by atoms with E-state index in [-0.39, 0.29) is 12.1 Å². The molecular formula is C19H11F17O4. The van der Waals surface area contributed by atoms with Crippen molar-refractivity contribution in [2.24, 2.45) is 0 Å². The maximum absolute atomic E-state index is 14.7. The lowest BCUT2D eigenvalue weighted by molar-refractivity contribution is -0.462. The molecular weight excluding hydrogens is 615 g/mol. The molecule has 0 aliphatic rings. The van der Waals surface area contributed by atoms with Crippen LogP contribution < -0.4 is 9.47 Å². The summed E-state index contributed by atoms with van der Waals surface area (Å²) >= 11 is 0. The lowest BCUT2D eigenvalue weighted by Crippen LogP contribution is -2.74. The smallest absolute Gasteiger partial charge is 0.426 e. The lowest BCUT2D eigenvalue weighted by Gasteiger charge is -2.43. The van der Waals surface area contributed by atoms with Crippen LogP contribution in [0.2, 0.25) is 0 Å². The molecule has 1 aromatic carbocycles. The zero-order chi connectivity index (χ0) is 32.3. The van der Waals surface area contributed by atoms with Crippen molar-refractivity contribution in [1.29, 1.82) is 0 Å². The van der Waals surface area contributed by atoms with Gasteiger partial charge in [0, 0.05) is 19.9 Å². The molecule has 0 radical (unpaired) electrons. The van der Waals surface area contributed by atoms with E-state index in [0.29, 0.717) is 20.8 Å². The van der Waals surface area contributed by atoms with E-state index in [1.807, 2.05) is 0 Å². The summed E-state index contributed by atoms with van der Waals surface area (Å²) in [6.07, 6.45) is -7.86. The van der Waals surface area contributed by atoms with Crippen LogP contribution in [-0.2, 0) is 15.5 Å². The minimum atomic E-state index is -8.78. The van der Waals surface area contributed by atoms with Gasteiger partial charge in [-0.05, 0) is 18.6 Å². The fourth-order valence-corrected chi connectivity index (χ4v) is 2.75. The Hall–Kier alpha value is -3.03. The molecule has 0 spiro atoms. The van der Waals surface area contributed by atoms with Gasteiger partial charge in [0.25, 0.3) is 0 Å². The second-order valence-corrected chi connectivity index (χ2v) is 7.82. The lowest BCUT2D eigenvalue weighted by atomic mass is 9.86. The first-order valence-electron chi connectivity index (χ1n) is 9.59. The Balaban J connectivity index is 3.94. The molecule has 230 valence electrons. The van der Waals surface area contributed by atoms with Gasteiger partial charge < -0.3 is 9.47 Å². The maximum atomic E-state index is 14.7. The molecule has 0 unspecified atom stereocenters. The van der Waals surface area contributed by atoms with Gasteiger partial charge in [0.05, 0.1) is 5.56 Å². The van der Waals surface area contributed by atoms with Crippen LogP contribution in [0, 0.1) is 6.92 Å². The Morgan fingerprint density at radius 1 is 0.525 bits per heavy atom. The van der Waals surface area contributed by atoms with Crippen molar-refractivity contribution in [3.8, 4) is 11.5 Å². The summed E-state index contributed by atoms with van der Waals surface area (Å²) in [7, 11) is 0. The first-order valence-corrected chi connectivity index (χ1v) is 9.59. The van der Waals surface area contributed by atoms with Gasteiger partial charge in [0.15, 0.2) is 0 Å². The van der Waals surface area contributed by atoms with Gasteiger partial charge in [0.2, 0.25) is 0 Å². The molecule has 40 heavy (non-hydrogen) atoms. The molecule has 0 aliphatic carbocycles. The van der Waals surface area contributed by atoms with E-state index < -0.39 is 82.2 Å². The van der Waals surface area contributed by atoms with Crippen LogP contribution >= 0.6 is 0 Å². The molecule has 0 aliphatic heterocycles. The predicted molar refractivity (Wildman–Crippen MR) is 93.4 cm³/mol. The number of carbonyl (C=O) groups excluding carboxylic acids is 2. The number of carbonyl (C=O) groups is 2. The Labute approximate surface area is 210 Å². The van der Waals surface area contributed by atoms with Crippen molar-refractivity contribution >= 4 is 11.9 Å². The standard InChI is InChI=1S/C19H11F17O4/c1-6-4-9(11(40-8(3)38)5-10(6)39-7(2)37)12(20,21)13(22,23)14(24,25)15(26,27)16(28,29)17(30,31)18(32,33)19(34,35)36/h4-5H,1-3H3. The Kier molecular flexibility index (Phi) is 8.58. The monoisotopic (exact) mass is 626 g/mol. The van der Waals surface area contributed by atoms with E-state index in [1.165, 1.54) is 0 Å². The third kappa shape index (κ3) is 4.99. The second kappa shape index (κ2) is 9.81. The molecule has 0 saturated carbocycles. The minimum Gasteiger partial charge on any atom is -0.426 e. The third-order valence-electron chi connectivity index (χ3n) is 4.84. The maximum Gasteiger partial charge on any atom is 0.460 e. The van der Waals surface area contributed by atoms with E-state index in [4.69, 9.17) is 0 Å². The summed E-state index contributed by atoms with van der Waals surface area (Å²) in [6.45, 7) is 1.63. The molecule has 0 saturated heterocycles. The van der Waals surface area contributed by atoms with E-state index >= 15 is 0 Å². The summed E-state index contributed by atoms with van der Waals surface area (Å²) in [5.74, 6) is -63.9. The highest BCUT2D eigenvalue weighted by Crippen LogP contribution is 2.65. The van der Waals surface area contributed by atoms with Crippen LogP contribution in [0.5, 0.6) is 11.5 Å². The van der Waals surface area contributed by atoms with Crippen LogP contribution in [0.3, 0.4) is 0 Å². The third-order valence-corrected chi connectivity index (χ3v) is 4.84. The summed E-state index contributed by atoms with van der Waals surface area (Å²) in [6, 6.07) is -0.427. The van der Waals surface area contributed by atoms with Gasteiger partial charge in [-0.2, -0.15) is 74.6 Å². The highest BCUT2D eigenvalue weighted by atomic mass is 19.4. The van der Waals surface area contributed by atoms with Crippen molar-refractivity contribution in [2.45, 2.75) is 68.4 Å². The molecule has 0 heterocycles. The second-order valence-electron chi connectivity index (χ2n) is 7.82.